The number of amides is 1. The predicted octanol–water partition coefficient (Wildman–Crippen LogP) is 2.15. The van der Waals surface area contributed by atoms with Crippen molar-refractivity contribution in [1.82, 2.24) is 10.4 Å². The molecule has 5 heteroatoms. The summed E-state index contributed by atoms with van der Waals surface area (Å²) in [5, 5.41) is 3.93. The van der Waals surface area contributed by atoms with Gasteiger partial charge in [-0.2, -0.15) is 0 Å². The molecule has 0 spiro atoms. The van der Waals surface area contributed by atoms with Gasteiger partial charge in [-0.1, -0.05) is 0 Å². The fourth-order valence-electron chi connectivity index (χ4n) is 2.62. The van der Waals surface area contributed by atoms with E-state index in [1.165, 1.54) is 24.1 Å². The lowest BCUT2D eigenvalue weighted by Crippen LogP contribution is -2.16. The summed E-state index contributed by atoms with van der Waals surface area (Å²) in [4.78, 5) is 15.2. The summed E-state index contributed by atoms with van der Waals surface area (Å²) in [6, 6.07) is 2.13. The summed E-state index contributed by atoms with van der Waals surface area (Å²) in [6.45, 7) is 3.83. The van der Waals surface area contributed by atoms with Gasteiger partial charge in [0.15, 0.2) is 0 Å². The highest BCUT2D eigenvalue weighted by Crippen LogP contribution is 2.23. The highest BCUT2D eigenvalue weighted by atomic mass is 16.5. The van der Waals surface area contributed by atoms with E-state index in [0.29, 0.717) is 11.5 Å². The normalized spacial score (nSPS) is 20.1. The van der Waals surface area contributed by atoms with Gasteiger partial charge >= 0.3 is 0 Å². The molecule has 2 N–H and O–H groups in total. The first kappa shape index (κ1) is 13.0. The second-order valence-corrected chi connectivity index (χ2v) is 5.52. The van der Waals surface area contributed by atoms with Gasteiger partial charge in [-0.05, 0) is 57.2 Å². The average molecular weight is 273 g/mol. The smallest absolute Gasteiger partial charge is 0.277 e. The van der Waals surface area contributed by atoms with E-state index in [4.69, 9.17) is 4.74 Å². The van der Waals surface area contributed by atoms with Crippen LogP contribution in [0.4, 0.5) is 0 Å². The molecule has 1 aromatic heterocycles. The molecule has 0 saturated heterocycles. The number of aromatic amines is 1. The molecule has 1 aliphatic carbocycles. The second kappa shape index (κ2) is 5.15. The summed E-state index contributed by atoms with van der Waals surface area (Å²) < 4.78 is 5.55. The van der Waals surface area contributed by atoms with Crippen LogP contribution >= 0.6 is 0 Å². The molecule has 3 rings (SSSR count). The van der Waals surface area contributed by atoms with Gasteiger partial charge in [0.1, 0.15) is 5.57 Å². The van der Waals surface area contributed by atoms with Crippen LogP contribution in [0.2, 0.25) is 0 Å². The zero-order valence-corrected chi connectivity index (χ0v) is 11.8. The molecule has 20 heavy (non-hydrogen) atoms. The maximum absolute atomic E-state index is 11.8. The van der Waals surface area contributed by atoms with Crippen LogP contribution in [0, 0.1) is 0 Å². The van der Waals surface area contributed by atoms with Gasteiger partial charge in [0.2, 0.25) is 5.90 Å². The van der Waals surface area contributed by atoms with Gasteiger partial charge in [0, 0.05) is 11.4 Å². The van der Waals surface area contributed by atoms with E-state index in [9.17, 15) is 4.79 Å². The largest absolute Gasteiger partial charge is 0.473 e. The number of rotatable bonds is 2. The van der Waals surface area contributed by atoms with Gasteiger partial charge in [-0.25, -0.2) is 5.43 Å². The molecule has 0 radical (unpaired) electrons. The van der Waals surface area contributed by atoms with Crippen molar-refractivity contribution in [2.45, 2.75) is 45.6 Å². The van der Waals surface area contributed by atoms with Crippen LogP contribution in [0.15, 0.2) is 16.7 Å². The lowest BCUT2D eigenvalue weighted by atomic mass is 9.98. The Labute approximate surface area is 118 Å². The van der Waals surface area contributed by atoms with Crippen LogP contribution in [-0.4, -0.2) is 22.9 Å². The maximum Gasteiger partial charge on any atom is 0.277 e. The lowest BCUT2D eigenvalue weighted by Gasteiger charge is -2.09. The molecule has 0 bridgehead atoms. The Kier molecular flexibility index (Phi) is 3.34. The van der Waals surface area contributed by atoms with Crippen LogP contribution in [-0.2, 0) is 22.4 Å². The number of hydrogen-bond acceptors (Lipinski definition) is 3. The van der Waals surface area contributed by atoms with E-state index in [1.807, 2.05) is 19.9 Å². The Hall–Kier alpha value is -2.04. The third kappa shape index (κ3) is 2.48. The molecule has 0 fully saturated rings. The van der Waals surface area contributed by atoms with E-state index >= 15 is 0 Å². The number of nitrogens with zero attached hydrogens (tertiary/aromatic N) is 1. The Balaban J connectivity index is 1.88. The van der Waals surface area contributed by atoms with Crippen LogP contribution in [0.1, 0.15) is 43.6 Å². The number of nitrogens with one attached hydrogen (secondary N) is 2. The summed E-state index contributed by atoms with van der Waals surface area (Å²) in [5.41, 5.74) is 6.54. The first-order valence-corrected chi connectivity index (χ1v) is 7.11. The van der Waals surface area contributed by atoms with Gasteiger partial charge in [-0.3, -0.25) is 4.79 Å². The van der Waals surface area contributed by atoms with Gasteiger partial charge in [0.05, 0.1) is 6.10 Å². The Morgan fingerprint density at radius 3 is 2.90 bits per heavy atom. The Morgan fingerprint density at radius 2 is 2.15 bits per heavy atom. The summed E-state index contributed by atoms with van der Waals surface area (Å²) in [6.07, 6.45) is 6.49. The van der Waals surface area contributed by atoms with Crippen molar-refractivity contribution < 1.29 is 9.53 Å². The number of carbonyl (C=O) groups excluding carboxylic acids is 1. The molecule has 5 nitrogen and oxygen atoms in total. The molecule has 106 valence electrons. The van der Waals surface area contributed by atoms with Gasteiger partial charge < -0.3 is 9.72 Å². The standard InChI is InChI=1S/C15H19N3O2/c1-9(2)20-15-12(14(19)17-18-15)8-11-7-10-5-3-4-6-13(10)16-11/h7-9,16H,3-6H2,1-2H3,(H,17,19)/b12-8-. The molecule has 2 aliphatic rings. The van der Waals surface area contributed by atoms with Crippen molar-refractivity contribution in [2.24, 2.45) is 5.10 Å². The minimum atomic E-state index is -0.215. The molecule has 1 aliphatic heterocycles. The molecule has 1 amide bonds. The highest BCUT2D eigenvalue weighted by molar-refractivity contribution is 6.24. The quantitative estimate of drug-likeness (QED) is 0.811. The van der Waals surface area contributed by atoms with E-state index in [1.54, 1.807) is 0 Å². The number of carbonyl (C=O) groups is 1. The molecule has 1 aromatic rings. The Morgan fingerprint density at radius 1 is 1.35 bits per heavy atom. The van der Waals surface area contributed by atoms with Crippen molar-refractivity contribution in [1.29, 1.82) is 0 Å². The Bertz CT molecular complexity index is 573. The van der Waals surface area contributed by atoms with Crippen molar-refractivity contribution in [3.63, 3.8) is 0 Å². The van der Waals surface area contributed by atoms with Crippen LogP contribution in [0.5, 0.6) is 0 Å². The number of hydrogen-bond donors (Lipinski definition) is 2. The third-order valence-electron chi connectivity index (χ3n) is 3.52. The molecule has 2 heterocycles. The zero-order chi connectivity index (χ0) is 14.1. The SMILES string of the molecule is CC(C)OC1=NNC(=O)/C1=C/c1cc2c([nH]1)CCCC2. The predicted molar refractivity (Wildman–Crippen MR) is 77.2 cm³/mol. The average Bonchev–Trinajstić information content (AvgIpc) is 2.95. The molecule has 0 unspecified atom stereocenters. The van der Waals surface area contributed by atoms with E-state index in [0.717, 1.165) is 18.5 Å². The third-order valence-corrected chi connectivity index (χ3v) is 3.52. The first-order valence-electron chi connectivity index (χ1n) is 7.11. The summed E-state index contributed by atoms with van der Waals surface area (Å²) in [5.74, 6) is 0.158. The molecule has 0 saturated carbocycles. The highest BCUT2D eigenvalue weighted by Gasteiger charge is 2.25. The number of hydrazone groups is 1. The fraction of sp³-hybridized carbons (Fsp3) is 0.467. The fourth-order valence-corrected chi connectivity index (χ4v) is 2.62. The molecular weight excluding hydrogens is 254 g/mol. The second-order valence-electron chi connectivity index (χ2n) is 5.52. The summed E-state index contributed by atoms with van der Waals surface area (Å²) in [7, 11) is 0. The molecule has 0 aromatic carbocycles. The van der Waals surface area contributed by atoms with Crippen molar-refractivity contribution in [2.75, 3.05) is 0 Å². The monoisotopic (exact) mass is 273 g/mol. The summed E-state index contributed by atoms with van der Waals surface area (Å²) >= 11 is 0. The molecule has 0 atom stereocenters. The number of ether oxygens (including phenoxy) is 1. The first-order chi connectivity index (χ1) is 9.63. The molecular formula is C15H19N3O2. The maximum atomic E-state index is 11.8. The topological polar surface area (TPSA) is 66.5 Å². The van der Waals surface area contributed by atoms with Crippen molar-refractivity contribution >= 4 is 17.9 Å². The van der Waals surface area contributed by atoms with Crippen molar-refractivity contribution in [3.8, 4) is 0 Å². The van der Waals surface area contributed by atoms with Crippen LogP contribution in [0.25, 0.3) is 6.08 Å². The van der Waals surface area contributed by atoms with E-state index in [-0.39, 0.29) is 12.0 Å². The number of fused-ring (bicyclic) bond motifs is 1. The van der Waals surface area contributed by atoms with Crippen LogP contribution in [0.3, 0.4) is 0 Å². The number of aromatic nitrogens is 1. The van der Waals surface area contributed by atoms with E-state index in [2.05, 4.69) is 21.6 Å². The van der Waals surface area contributed by atoms with E-state index < -0.39 is 0 Å². The number of aryl methyl sites for hydroxylation is 2. The zero-order valence-electron chi connectivity index (χ0n) is 11.8. The minimum Gasteiger partial charge on any atom is -0.473 e. The van der Waals surface area contributed by atoms with Gasteiger partial charge in [-0.15, -0.1) is 5.10 Å². The number of H-pyrrole nitrogens is 1. The van der Waals surface area contributed by atoms with Crippen LogP contribution < -0.4 is 5.43 Å². The van der Waals surface area contributed by atoms with Crippen molar-refractivity contribution in [3.05, 3.63) is 28.6 Å². The lowest BCUT2D eigenvalue weighted by molar-refractivity contribution is -0.116. The van der Waals surface area contributed by atoms with Gasteiger partial charge in [0.25, 0.3) is 5.91 Å². The minimum absolute atomic E-state index is 0.0123.